The van der Waals surface area contributed by atoms with E-state index in [-0.39, 0.29) is 11.1 Å². The van der Waals surface area contributed by atoms with Gasteiger partial charge in [-0.25, -0.2) is 0 Å². The van der Waals surface area contributed by atoms with E-state index in [1.807, 2.05) is 31.5 Å². The lowest BCUT2D eigenvalue weighted by Crippen LogP contribution is -2.05. The van der Waals surface area contributed by atoms with E-state index in [9.17, 15) is 10.1 Å². The lowest BCUT2D eigenvalue weighted by Gasteiger charge is -2.07. The van der Waals surface area contributed by atoms with Crippen LogP contribution in [0, 0.1) is 24.0 Å². The molecular weight excluding hydrogens is 278 g/mol. The molecule has 106 valence electrons. The molecule has 0 saturated heterocycles. The van der Waals surface area contributed by atoms with Gasteiger partial charge in [0.1, 0.15) is 0 Å². The Labute approximate surface area is 122 Å². The standard InChI is InChI=1S/C14H16ClN3O2/c1-9(15)14-10(2)16-17(11(14)3)8-12-5-4-6-13(7-12)18(19)20/h4-7,9H,8H2,1-3H3. The third-order valence-corrected chi connectivity index (χ3v) is 3.51. The Bertz CT molecular complexity index is 650. The fourth-order valence-corrected chi connectivity index (χ4v) is 2.70. The first-order chi connectivity index (χ1) is 9.40. The van der Waals surface area contributed by atoms with Crippen LogP contribution in [0.25, 0.3) is 0 Å². The van der Waals surface area contributed by atoms with E-state index >= 15 is 0 Å². The van der Waals surface area contributed by atoms with Crippen LogP contribution < -0.4 is 0 Å². The number of nitro benzene ring substituents is 1. The fraction of sp³-hybridized carbons (Fsp3) is 0.357. The first kappa shape index (κ1) is 14.5. The van der Waals surface area contributed by atoms with Crippen molar-refractivity contribution in [1.82, 2.24) is 9.78 Å². The largest absolute Gasteiger partial charge is 0.269 e. The zero-order valence-corrected chi connectivity index (χ0v) is 12.4. The molecule has 0 radical (unpaired) electrons. The first-order valence-corrected chi connectivity index (χ1v) is 6.75. The molecular formula is C14H16ClN3O2. The highest BCUT2D eigenvalue weighted by molar-refractivity contribution is 6.20. The van der Waals surface area contributed by atoms with Crippen LogP contribution in [0.1, 0.15) is 34.8 Å². The fourth-order valence-electron chi connectivity index (χ4n) is 2.38. The molecule has 1 unspecified atom stereocenters. The van der Waals surface area contributed by atoms with Crippen LogP contribution in [0.3, 0.4) is 0 Å². The van der Waals surface area contributed by atoms with Gasteiger partial charge >= 0.3 is 0 Å². The number of aryl methyl sites for hydroxylation is 1. The van der Waals surface area contributed by atoms with Crippen LogP contribution >= 0.6 is 11.6 Å². The number of hydrogen-bond donors (Lipinski definition) is 0. The molecule has 0 aliphatic heterocycles. The second-order valence-corrected chi connectivity index (χ2v) is 5.44. The number of nitro groups is 1. The molecule has 2 rings (SSSR count). The van der Waals surface area contributed by atoms with Gasteiger partial charge in [-0.1, -0.05) is 12.1 Å². The maximum Gasteiger partial charge on any atom is 0.269 e. The summed E-state index contributed by atoms with van der Waals surface area (Å²) in [6.45, 7) is 6.30. The highest BCUT2D eigenvalue weighted by Gasteiger charge is 2.16. The summed E-state index contributed by atoms with van der Waals surface area (Å²) in [5, 5.41) is 15.1. The van der Waals surface area contributed by atoms with Gasteiger partial charge in [-0.05, 0) is 26.3 Å². The van der Waals surface area contributed by atoms with Crippen molar-refractivity contribution in [2.24, 2.45) is 0 Å². The SMILES string of the molecule is Cc1nn(Cc2cccc([N+](=O)[O-])c2)c(C)c1C(C)Cl. The number of nitrogens with zero attached hydrogens (tertiary/aromatic N) is 3. The van der Waals surface area contributed by atoms with Crippen molar-refractivity contribution >= 4 is 17.3 Å². The van der Waals surface area contributed by atoms with Crippen molar-refractivity contribution in [1.29, 1.82) is 0 Å². The van der Waals surface area contributed by atoms with Crippen molar-refractivity contribution in [2.75, 3.05) is 0 Å². The molecule has 1 heterocycles. The monoisotopic (exact) mass is 293 g/mol. The minimum Gasteiger partial charge on any atom is -0.265 e. The second-order valence-electron chi connectivity index (χ2n) is 4.79. The van der Waals surface area contributed by atoms with Gasteiger partial charge in [0, 0.05) is 23.4 Å². The minimum atomic E-state index is -0.392. The summed E-state index contributed by atoms with van der Waals surface area (Å²) in [7, 11) is 0. The van der Waals surface area contributed by atoms with Crippen molar-refractivity contribution < 1.29 is 4.92 Å². The number of hydrogen-bond acceptors (Lipinski definition) is 3. The van der Waals surface area contributed by atoms with Gasteiger partial charge in [0.15, 0.2) is 0 Å². The molecule has 0 spiro atoms. The molecule has 5 nitrogen and oxygen atoms in total. The Morgan fingerprint density at radius 3 is 2.70 bits per heavy atom. The molecule has 0 aliphatic carbocycles. The van der Waals surface area contributed by atoms with E-state index in [2.05, 4.69) is 5.10 Å². The molecule has 6 heteroatoms. The van der Waals surface area contributed by atoms with E-state index in [4.69, 9.17) is 11.6 Å². The van der Waals surface area contributed by atoms with Gasteiger partial charge in [-0.2, -0.15) is 5.10 Å². The van der Waals surface area contributed by atoms with E-state index in [1.54, 1.807) is 12.1 Å². The molecule has 0 N–H and O–H groups in total. The number of aromatic nitrogens is 2. The van der Waals surface area contributed by atoms with Gasteiger partial charge in [0.25, 0.3) is 5.69 Å². The van der Waals surface area contributed by atoms with Crippen LogP contribution in [-0.4, -0.2) is 14.7 Å². The van der Waals surface area contributed by atoms with Crippen molar-refractivity contribution in [3.8, 4) is 0 Å². The van der Waals surface area contributed by atoms with E-state index in [1.165, 1.54) is 6.07 Å². The Kier molecular flexibility index (Phi) is 4.09. The lowest BCUT2D eigenvalue weighted by molar-refractivity contribution is -0.384. The summed E-state index contributed by atoms with van der Waals surface area (Å²) in [6, 6.07) is 6.59. The summed E-state index contributed by atoms with van der Waals surface area (Å²) < 4.78 is 1.84. The molecule has 0 amide bonds. The van der Waals surface area contributed by atoms with Crippen LogP contribution in [-0.2, 0) is 6.54 Å². The average molecular weight is 294 g/mol. The molecule has 0 bridgehead atoms. The van der Waals surface area contributed by atoms with Crippen LogP contribution in [0.15, 0.2) is 24.3 Å². The van der Waals surface area contributed by atoms with Gasteiger partial charge in [-0.3, -0.25) is 14.8 Å². The minimum absolute atomic E-state index is 0.0926. The maximum atomic E-state index is 10.8. The Morgan fingerprint density at radius 1 is 1.45 bits per heavy atom. The normalized spacial score (nSPS) is 12.4. The third-order valence-electron chi connectivity index (χ3n) is 3.29. The van der Waals surface area contributed by atoms with Crippen molar-refractivity contribution in [3.05, 3.63) is 56.9 Å². The third kappa shape index (κ3) is 2.82. The zero-order valence-electron chi connectivity index (χ0n) is 11.6. The highest BCUT2D eigenvalue weighted by Crippen LogP contribution is 2.26. The van der Waals surface area contributed by atoms with Gasteiger partial charge in [-0.15, -0.1) is 11.6 Å². The molecule has 0 aliphatic rings. The summed E-state index contributed by atoms with van der Waals surface area (Å²) in [5.74, 6) is 0. The van der Waals surface area contributed by atoms with Crippen LogP contribution in [0.2, 0.25) is 0 Å². The number of halogens is 1. The summed E-state index contributed by atoms with van der Waals surface area (Å²) >= 11 is 6.15. The number of benzene rings is 1. The van der Waals surface area contributed by atoms with Crippen LogP contribution in [0.4, 0.5) is 5.69 Å². The topological polar surface area (TPSA) is 61.0 Å². The Hall–Kier alpha value is -1.88. The van der Waals surface area contributed by atoms with Gasteiger partial charge in [0.05, 0.1) is 22.5 Å². The molecule has 0 saturated carbocycles. The number of non-ortho nitro benzene ring substituents is 1. The van der Waals surface area contributed by atoms with Crippen molar-refractivity contribution in [2.45, 2.75) is 32.7 Å². The first-order valence-electron chi connectivity index (χ1n) is 6.31. The average Bonchev–Trinajstić information content (AvgIpc) is 2.64. The molecule has 20 heavy (non-hydrogen) atoms. The maximum absolute atomic E-state index is 10.8. The molecule has 2 aromatic rings. The predicted octanol–water partition coefficient (Wildman–Crippen LogP) is 3.76. The van der Waals surface area contributed by atoms with E-state index < -0.39 is 4.92 Å². The Morgan fingerprint density at radius 2 is 2.15 bits per heavy atom. The summed E-state index contributed by atoms with van der Waals surface area (Å²) in [6.07, 6.45) is 0. The zero-order chi connectivity index (χ0) is 14.9. The molecule has 1 aromatic heterocycles. The van der Waals surface area contributed by atoms with Crippen molar-refractivity contribution in [3.63, 3.8) is 0 Å². The van der Waals surface area contributed by atoms with E-state index in [0.717, 1.165) is 22.5 Å². The molecule has 0 fully saturated rings. The van der Waals surface area contributed by atoms with Crippen LogP contribution in [0.5, 0.6) is 0 Å². The quantitative estimate of drug-likeness (QED) is 0.490. The molecule has 1 atom stereocenters. The summed E-state index contributed by atoms with van der Waals surface area (Å²) in [4.78, 5) is 10.4. The second kappa shape index (κ2) is 5.63. The number of rotatable bonds is 4. The van der Waals surface area contributed by atoms with E-state index in [0.29, 0.717) is 6.54 Å². The predicted molar refractivity (Wildman–Crippen MR) is 78.2 cm³/mol. The Balaban J connectivity index is 2.33. The number of alkyl halides is 1. The smallest absolute Gasteiger partial charge is 0.265 e. The lowest BCUT2D eigenvalue weighted by atomic mass is 10.1. The highest BCUT2D eigenvalue weighted by atomic mass is 35.5. The van der Waals surface area contributed by atoms with Gasteiger partial charge < -0.3 is 0 Å². The van der Waals surface area contributed by atoms with Gasteiger partial charge in [0.2, 0.25) is 0 Å². The molecule has 1 aromatic carbocycles. The summed E-state index contributed by atoms with van der Waals surface area (Å²) in [5.41, 5.74) is 3.86.